The molecule has 0 aliphatic heterocycles. The molecule has 21 heavy (non-hydrogen) atoms. The van der Waals surface area contributed by atoms with Gasteiger partial charge in [-0.05, 0) is 12.0 Å². The van der Waals surface area contributed by atoms with Crippen molar-refractivity contribution in [2.24, 2.45) is 0 Å². The number of hydrogen-bond donors (Lipinski definition) is 1. The summed E-state index contributed by atoms with van der Waals surface area (Å²) in [6, 6.07) is 9.62. The van der Waals surface area contributed by atoms with E-state index in [-0.39, 0.29) is 0 Å². The highest BCUT2D eigenvalue weighted by atomic mass is 16.6. The number of methoxy groups -OCH3 is 2. The Bertz CT molecular complexity index is 473. The van der Waals surface area contributed by atoms with E-state index in [9.17, 15) is 14.4 Å². The molecule has 1 rings (SSSR count). The Labute approximate surface area is 122 Å². The fourth-order valence-electron chi connectivity index (χ4n) is 1.61. The zero-order chi connectivity index (χ0) is 15.7. The van der Waals surface area contributed by atoms with Crippen LogP contribution in [0.1, 0.15) is 5.56 Å². The molecule has 114 valence electrons. The molecule has 7 heteroatoms. The van der Waals surface area contributed by atoms with E-state index in [1.165, 1.54) is 0 Å². The first kappa shape index (κ1) is 16.5. The fourth-order valence-corrected chi connectivity index (χ4v) is 1.61. The van der Waals surface area contributed by atoms with Crippen LogP contribution in [0.2, 0.25) is 0 Å². The summed E-state index contributed by atoms with van der Waals surface area (Å²) in [5.74, 6) is -0.471. The van der Waals surface area contributed by atoms with Crippen molar-refractivity contribution in [3.63, 3.8) is 0 Å². The molecular weight excluding hydrogens is 276 g/mol. The van der Waals surface area contributed by atoms with Crippen LogP contribution in [0.3, 0.4) is 0 Å². The first-order valence-corrected chi connectivity index (χ1v) is 6.32. The summed E-state index contributed by atoms with van der Waals surface area (Å²) in [5.41, 5.74) is 1.08. The predicted molar refractivity (Wildman–Crippen MR) is 74.7 cm³/mol. The molecule has 0 aliphatic carbocycles. The topological polar surface area (TPSA) is 84.9 Å². The van der Waals surface area contributed by atoms with Gasteiger partial charge in [0.2, 0.25) is 5.91 Å². The minimum absolute atomic E-state index is 0.402. The quantitative estimate of drug-likeness (QED) is 0.881. The summed E-state index contributed by atoms with van der Waals surface area (Å²) in [6.45, 7) is -0.0484. The molecule has 0 heterocycles. The zero-order valence-electron chi connectivity index (χ0n) is 12.0. The van der Waals surface area contributed by atoms with E-state index in [0.29, 0.717) is 17.9 Å². The second kappa shape index (κ2) is 8.57. The van der Waals surface area contributed by atoms with Crippen molar-refractivity contribution >= 4 is 18.1 Å². The molecular formula is C14H18N2O5. The summed E-state index contributed by atoms with van der Waals surface area (Å²) in [6.07, 6.45) is -1.23. The third-order valence-corrected chi connectivity index (χ3v) is 2.67. The van der Waals surface area contributed by atoms with Crippen LogP contribution >= 0.6 is 0 Å². The molecule has 0 spiro atoms. The lowest BCUT2D eigenvalue weighted by Crippen LogP contribution is -2.44. The summed E-state index contributed by atoms with van der Waals surface area (Å²) in [5, 5.41) is 2.62. The van der Waals surface area contributed by atoms with E-state index in [1.54, 1.807) is 0 Å². The third kappa shape index (κ3) is 5.52. The summed E-state index contributed by atoms with van der Waals surface area (Å²) in [4.78, 5) is 35.0. The molecule has 0 bridgehead atoms. The first-order valence-electron chi connectivity index (χ1n) is 6.32. The maximum absolute atomic E-state index is 11.7. The van der Waals surface area contributed by atoms with Gasteiger partial charge in [-0.3, -0.25) is 4.79 Å². The Morgan fingerprint density at radius 1 is 1.05 bits per heavy atom. The molecule has 0 saturated heterocycles. The van der Waals surface area contributed by atoms with E-state index >= 15 is 0 Å². The number of carbonyl (C=O) groups excluding carboxylic acids is 3. The highest BCUT2D eigenvalue weighted by Crippen LogP contribution is 1.99. The molecule has 0 saturated carbocycles. The summed E-state index contributed by atoms with van der Waals surface area (Å²) < 4.78 is 8.83. The molecule has 0 radical (unpaired) electrons. The molecule has 1 N–H and O–H groups in total. The van der Waals surface area contributed by atoms with Crippen molar-refractivity contribution in [3.05, 3.63) is 35.9 Å². The lowest BCUT2D eigenvalue weighted by Gasteiger charge is -2.17. The van der Waals surface area contributed by atoms with Gasteiger partial charge in [0.25, 0.3) is 0 Å². The van der Waals surface area contributed by atoms with Crippen molar-refractivity contribution < 1.29 is 23.9 Å². The summed E-state index contributed by atoms with van der Waals surface area (Å²) >= 11 is 0. The minimum atomic E-state index is -0.944. The smallest absolute Gasteiger partial charge is 0.419 e. The molecule has 3 amide bonds. The van der Waals surface area contributed by atoms with Crippen molar-refractivity contribution in [1.29, 1.82) is 0 Å². The van der Waals surface area contributed by atoms with Crippen molar-refractivity contribution in [2.45, 2.75) is 6.42 Å². The molecule has 0 fully saturated rings. The van der Waals surface area contributed by atoms with Gasteiger partial charge in [0, 0.05) is 6.54 Å². The molecule has 0 aromatic heterocycles. The molecule has 0 unspecified atom stereocenters. The molecule has 0 atom stereocenters. The van der Waals surface area contributed by atoms with Gasteiger partial charge in [-0.15, -0.1) is 0 Å². The van der Waals surface area contributed by atoms with Crippen LogP contribution in [-0.4, -0.2) is 50.3 Å². The van der Waals surface area contributed by atoms with Gasteiger partial charge in [0.1, 0.15) is 6.54 Å². The molecule has 7 nitrogen and oxygen atoms in total. The van der Waals surface area contributed by atoms with Crippen LogP contribution in [0.15, 0.2) is 30.3 Å². The SMILES string of the molecule is COC(=O)N(CC(=O)NCCc1ccccc1)C(=O)OC. The molecule has 1 aromatic carbocycles. The fraction of sp³-hybridized carbons (Fsp3) is 0.357. The van der Waals surface area contributed by atoms with Crippen LogP contribution in [-0.2, 0) is 20.7 Å². The Balaban J connectivity index is 2.43. The van der Waals surface area contributed by atoms with Crippen molar-refractivity contribution in [3.8, 4) is 0 Å². The van der Waals surface area contributed by atoms with E-state index in [4.69, 9.17) is 0 Å². The predicted octanol–water partition coefficient (Wildman–Crippen LogP) is 1.18. The molecule has 0 aliphatic rings. The second-order valence-corrected chi connectivity index (χ2v) is 4.11. The number of imide groups is 1. The van der Waals surface area contributed by atoms with Crippen LogP contribution in [0.25, 0.3) is 0 Å². The molecule has 1 aromatic rings. The Hall–Kier alpha value is -2.57. The number of ether oxygens (including phenoxy) is 2. The monoisotopic (exact) mass is 294 g/mol. The normalized spacial score (nSPS) is 9.62. The van der Waals surface area contributed by atoms with E-state index in [0.717, 1.165) is 19.8 Å². The highest BCUT2D eigenvalue weighted by molar-refractivity contribution is 5.93. The van der Waals surface area contributed by atoms with E-state index in [2.05, 4.69) is 14.8 Å². The van der Waals surface area contributed by atoms with Crippen LogP contribution < -0.4 is 5.32 Å². The minimum Gasteiger partial charge on any atom is -0.452 e. The van der Waals surface area contributed by atoms with Gasteiger partial charge in [-0.2, -0.15) is 0 Å². The average Bonchev–Trinajstić information content (AvgIpc) is 2.52. The van der Waals surface area contributed by atoms with Crippen molar-refractivity contribution in [2.75, 3.05) is 27.3 Å². The van der Waals surface area contributed by atoms with Gasteiger partial charge < -0.3 is 14.8 Å². The maximum Gasteiger partial charge on any atom is 0.419 e. The van der Waals surface area contributed by atoms with E-state index in [1.807, 2.05) is 30.3 Å². The standard InChI is InChI=1S/C14H18N2O5/c1-20-13(18)16(14(19)21-2)10-12(17)15-9-8-11-6-4-3-5-7-11/h3-7H,8-10H2,1-2H3,(H,15,17). The first-order chi connectivity index (χ1) is 10.1. The van der Waals surface area contributed by atoms with Gasteiger partial charge >= 0.3 is 12.2 Å². The van der Waals surface area contributed by atoms with Gasteiger partial charge in [0.05, 0.1) is 14.2 Å². The van der Waals surface area contributed by atoms with Crippen LogP contribution in [0.5, 0.6) is 0 Å². The Morgan fingerprint density at radius 2 is 1.62 bits per heavy atom. The number of nitrogens with zero attached hydrogens (tertiary/aromatic N) is 1. The van der Waals surface area contributed by atoms with Crippen LogP contribution in [0.4, 0.5) is 9.59 Å². The lowest BCUT2D eigenvalue weighted by molar-refractivity contribution is -0.121. The number of benzene rings is 1. The second-order valence-electron chi connectivity index (χ2n) is 4.11. The van der Waals surface area contributed by atoms with Gasteiger partial charge in [-0.25, -0.2) is 14.5 Å². The summed E-state index contributed by atoms with van der Waals surface area (Å²) in [7, 11) is 2.23. The third-order valence-electron chi connectivity index (χ3n) is 2.67. The largest absolute Gasteiger partial charge is 0.452 e. The Morgan fingerprint density at radius 3 is 2.14 bits per heavy atom. The zero-order valence-corrected chi connectivity index (χ0v) is 12.0. The number of amides is 3. The number of nitrogens with one attached hydrogen (secondary N) is 1. The number of rotatable bonds is 5. The lowest BCUT2D eigenvalue weighted by atomic mass is 10.1. The van der Waals surface area contributed by atoms with Crippen molar-refractivity contribution in [1.82, 2.24) is 10.2 Å². The average molecular weight is 294 g/mol. The van der Waals surface area contributed by atoms with Crippen LogP contribution in [0, 0.1) is 0 Å². The Kier molecular flexibility index (Phi) is 6.73. The highest BCUT2D eigenvalue weighted by Gasteiger charge is 2.25. The van der Waals surface area contributed by atoms with Gasteiger partial charge in [0.15, 0.2) is 0 Å². The number of hydrogen-bond acceptors (Lipinski definition) is 5. The number of carbonyl (C=O) groups is 3. The van der Waals surface area contributed by atoms with Gasteiger partial charge in [-0.1, -0.05) is 30.3 Å². The maximum atomic E-state index is 11.7. The van der Waals surface area contributed by atoms with E-state index < -0.39 is 24.6 Å².